The molecule has 0 aromatic heterocycles. The van der Waals surface area contributed by atoms with Crippen LogP contribution in [0.3, 0.4) is 0 Å². The zero-order valence-electron chi connectivity index (χ0n) is 12.9. The van der Waals surface area contributed by atoms with Crippen molar-refractivity contribution in [2.24, 2.45) is 0 Å². The van der Waals surface area contributed by atoms with Gasteiger partial charge in [0.2, 0.25) is 11.8 Å². The molecule has 6 heteroatoms. The van der Waals surface area contributed by atoms with Crippen molar-refractivity contribution >= 4 is 17.5 Å². The molecule has 1 aromatic rings. The van der Waals surface area contributed by atoms with Crippen molar-refractivity contribution < 1.29 is 14.0 Å². The Balaban J connectivity index is 2.44. The number of amides is 2. The first kappa shape index (κ1) is 17.1. The predicted octanol–water partition coefficient (Wildman–Crippen LogP) is 1.61. The normalized spacial score (nSPS) is 11.3. The lowest BCUT2D eigenvalue weighted by Crippen LogP contribution is -2.46. The van der Waals surface area contributed by atoms with Gasteiger partial charge in [0.15, 0.2) is 0 Å². The summed E-state index contributed by atoms with van der Waals surface area (Å²) in [5, 5.41) is 5.29. The first-order chi connectivity index (χ1) is 9.67. The Morgan fingerprint density at radius 2 is 1.71 bits per heavy atom. The lowest BCUT2D eigenvalue weighted by atomic mass is 10.1. The molecule has 0 heterocycles. The van der Waals surface area contributed by atoms with Crippen molar-refractivity contribution in [2.45, 2.75) is 26.3 Å². The smallest absolute Gasteiger partial charge is 0.238 e. The number of para-hydroxylation sites is 1. The Hall–Kier alpha value is -1.95. The van der Waals surface area contributed by atoms with Gasteiger partial charge in [-0.2, -0.15) is 0 Å². The average Bonchev–Trinajstić information content (AvgIpc) is 2.28. The highest BCUT2D eigenvalue weighted by Crippen LogP contribution is 2.12. The van der Waals surface area contributed by atoms with Crippen LogP contribution in [0, 0.1) is 5.82 Å². The zero-order valence-corrected chi connectivity index (χ0v) is 12.9. The maximum Gasteiger partial charge on any atom is 0.238 e. The van der Waals surface area contributed by atoms with E-state index in [1.165, 1.54) is 12.1 Å². The van der Waals surface area contributed by atoms with E-state index < -0.39 is 5.82 Å². The van der Waals surface area contributed by atoms with Crippen LogP contribution in [0.15, 0.2) is 24.3 Å². The molecule has 0 fully saturated rings. The van der Waals surface area contributed by atoms with Gasteiger partial charge in [-0.05, 0) is 40.0 Å². The van der Waals surface area contributed by atoms with Gasteiger partial charge in [-0.15, -0.1) is 0 Å². The molecule has 0 atom stereocenters. The van der Waals surface area contributed by atoms with Crippen LogP contribution in [0.1, 0.15) is 20.8 Å². The number of carbonyl (C=O) groups excluding carboxylic acids is 2. The predicted molar refractivity (Wildman–Crippen MR) is 80.4 cm³/mol. The number of benzene rings is 1. The molecular formula is C15H22FN3O2. The summed E-state index contributed by atoms with van der Waals surface area (Å²) in [6, 6.07) is 5.95. The van der Waals surface area contributed by atoms with Crippen LogP contribution >= 0.6 is 0 Å². The molecule has 1 rings (SSSR count). The number of nitrogens with zero attached hydrogens (tertiary/aromatic N) is 1. The van der Waals surface area contributed by atoms with Gasteiger partial charge < -0.3 is 10.6 Å². The number of halogens is 1. The van der Waals surface area contributed by atoms with Crippen molar-refractivity contribution in [3.8, 4) is 0 Å². The summed E-state index contributed by atoms with van der Waals surface area (Å²) in [5.41, 5.74) is -0.178. The minimum atomic E-state index is -0.487. The summed E-state index contributed by atoms with van der Waals surface area (Å²) in [6.07, 6.45) is 0. The molecule has 0 spiro atoms. The zero-order chi connectivity index (χ0) is 16.0. The van der Waals surface area contributed by atoms with E-state index >= 15 is 0 Å². The van der Waals surface area contributed by atoms with E-state index in [1.807, 2.05) is 20.8 Å². The van der Waals surface area contributed by atoms with Gasteiger partial charge in [-0.1, -0.05) is 12.1 Å². The maximum atomic E-state index is 13.4. The SMILES string of the molecule is CN(CC(=O)Nc1ccccc1F)CC(=O)NC(C)(C)C. The molecule has 21 heavy (non-hydrogen) atoms. The summed E-state index contributed by atoms with van der Waals surface area (Å²) in [4.78, 5) is 25.1. The van der Waals surface area contributed by atoms with Gasteiger partial charge in [0.25, 0.3) is 0 Å². The molecule has 0 saturated carbocycles. The summed E-state index contributed by atoms with van der Waals surface area (Å²) < 4.78 is 13.4. The van der Waals surface area contributed by atoms with Crippen LogP contribution in [0.25, 0.3) is 0 Å². The summed E-state index contributed by atoms with van der Waals surface area (Å²) in [7, 11) is 1.66. The molecule has 2 amide bonds. The van der Waals surface area contributed by atoms with Gasteiger partial charge in [-0.3, -0.25) is 14.5 Å². The van der Waals surface area contributed by atoms with Crippen molar-refractivity contribution in [2.75, 3.05) is 25.5 Å². The largest absolute Gasteiger partial charge is 0.350 e. The van der Waals surface area contributed by atoms with E-state index in [9.17, 15) is 14.0 Å². The van der Waals surface area contributed by atoms with Crippen LogP contribution in [0.2, 0.25) is 0 Å². The van der Waals surface area contributed by atoms with Crippen LogP contribution in [0.5, 0.6) is 0 Å². The average molecular weight is 295 g/mol. The number of hydrogen-bond donors (Lipinski definition) is 2. The van der Waals surface area contributed by atoms with E-state index in [0.29, 0.717) is 0 Å². The molecule has 0 bridgehead atoms. The quantitative estimate of drug-likeness (QED) is 0.867. The van der Waals surface area contributed by atoms with E-state index in [1.54, 1.807) is 24.1 Å². The van der Waals surface area contributed by atoms with Gasteiger partial charge in [0, 0.05) is 5.54 Å². The number of likely N-dealkylation sites (N-methyl/N-ethyl adjacent to an activating group) is 1. The van der Waals surface area contributed by atoms with E-state index in [-0.39, 0.29) is 36.1 Å². The van der Waals surface area contributed by atoms with Crippen LogP contribution in [-0.4, -0.2) is 42.4 Å². The molecule has 0 unspecified atom stereocenters. The molecule has 0 aliphatic heterocycles. The van der Waals surface area contributed by atoms with Crippen molar-refractivity contribution in [3.63, 3.8) is 0 Å². The fourth-order valence-corrected chi connectivity index (χ4v) is 1.76. The van der Waals surface area contributed by atoms with E-state index in [4.69, 9.17) is 0 Å². The molecule has 1 aromatic carbocycles. The highest BCUT2D eigenvalue weighted by Gasteiger charge is 2.16. The Kier molecular flexibility index (Phi) is 5.84. The topological polar surface area (TPSA) is 61.4 Å². The molecule has 2 N–H and O–H groups in total. The first-order valence-corrected chi connectivity index (χ1v) is 6.71. The monoisotopic (exact) mass is 295 g/mol. The minimum Gasteiger partial charge on any atom is -0.350 e. The molecule has 0 aliphatic rings. The number of anilines is 1. The third-order valence-corrected chi connectivity index (χ3v) is 2.49. The fraction of sp³-hybridized carbons (Fsp3) is 0.467. The Labute approximate surface area is 124 Å². The minimum absolute atomic E-state index is 0.00585. The molecule has 116 valence electrons. The highest BCUT2D eigenvalue weighted by molar-refractivity contribution is 5.92. The molecule has 0 radical (unpaired) electrons. The van der Waals surface area contributed by atoms with Gasteiger partial charge in [0.05, 0.1) is 18.8 Å². The Morgan fingerprint density at radius 3 is 2.29 bits per heavy atom. The molecule has 5 nitrogen and oxygen atoms in total. The van der Waals surface area contributed by atoms with Gasteiger partial charge in [-0.25, -0.2) is 4.39 Å². The number of nitrogens with one attached hydrogen (secondary N) is 2. The molecule has 0 aliphatic carbocycles. The highest BCUT2D eigenvalue weighted by atomic mass is 19.1. The van der Waals surface area contributed by atoms with Crippen LogP contribution in [-0.2, 0) is 9.59 Å². The number of hydrogen-bond acceptors (Lipinski definition) is 3. The third-order valence-electron chi connectivity index (χ3n) is 2.49. The van der Waals surface area contributed by atoms with E-state index in [0.717, 1.165) is 0 Å². The number of carbonyl (C=O) groups is 2. The Morgan fingerprint density at radius 1 is 1.14 bits per heavy atom. The first-order valence-electron chi connectivity index (χ1n) is 6.71. The second-order valence-electron chi connectivity index (χ2n) is 6.00. The lowest BCUT2D eigenvalue weighted by molar-refractivity contribution is -0.124. The van der Waals surface area contributed by atoms with Gasteiger partial charge in [0.1, 0.15) is 5.82 Å². The second kappa shape index (κ2) is 7.17. The Bertz CT molecular complexity index is 512. The third kappa shape index (κ3) is 6.85. The standard InChI is InChI=1S/C15H22FN3O2/c1-15(2,3)18-14(21)10-19(4)9-13(20)17-12-8-6-5-7-11(12)16/h5-8H,9-10H2,1-4H3,(H,17,20)(H,18,21). The summed E-state index contributed by atoms with van der Waals surface area (Å²) >= 11 is 0. The number of rotatable bonds is 5. The molecule has 0 saturated heterocycles. The second-order valence-corrected chi connectivity index (χ2v) is 6.00. The van der Waals surface area contributed by atoms with Crippen molar-refractivity contribution in [1.82, 2.24) is 10.2 Å². The van der Waals surface area contributed by atoms with Gasteiger partial charge >= 0.3 is 0 Å². The molecular weight excluding hydrogens is 273 g/mol. The summed E-state index contributed by atoms with van der Waals surface area (Å²) in [6.45, 7) is 5.76. The van der Waals surface area contributed by atoms with Crippen molar-refractivity contribution in [3.05, 3.63) is 30.1 Å². The van der Waals surface area contributed by atoms with E-state index in [2.05, 4.69) is 10.6 Å². The van der Waals surface area contributed by atoms with Crippen LogP contribution < -0.4 is 10.6 Å². The van der Waals surface area contributed by atoms with Crippen molar-refractivity contribution in [1.29, 1.82) is 0 Å². The maximum absolute atomic E-state index is 13.4. The summed E-state index contributed by atoms with van der Waals surface area (Å²) in [5.74, 6) is -1.02. The lowest BCUT2D eigenvalue weighted by Gasteiger charge is -2.23. The van der Waals surface area contributed by atoms with Crippen LogP contribution in [0.4, 0.5) is 10.1 Å². The fourth-order valence-electron chi connectivity index (χ4n) is 1.76.